The van der Waals surface area contributed by atoms with Gasteiger partial charge in [0.15, 0.2) is 0 Å². The number of rotatable bonds is 15. The van der Waals surface area contributed by atoms with Crippen LogP contribution in [0, 0.1) is 59.2 Å². The van der Waals surface area contributed by atoms with Gasteiger partial charge in [-0.2, -0.15) is 0 Å². The highest BCUT2D eigenvalue weighted by molar-refractivity contribution is 7.92. The van der Waals surface area contributed by atoms with Crippen LogP contribution in [0.25, 0.3) is 0 Å². The van der Waals surface area contributed by atoms with Crippen molar-refractivity contribution in [2.45, 2.75) is 121 Å². The van der Waals surface area contributed by atoms with Gasteiger partial charge in [0.1, 0.15) is 17.2 Å². The molecule has 7 saturated carbocycles. The first-order valence-corrected chi connectivity index (χ1v) is 39.4. The lowest BCUT2D eigenvalue weighted by Crippen LogP contribution is -2.53. The Labute approximate surface area is 575 Å². The van der Waals surface area contributed by atoms with Crippen LogP contribution in [0.2, 0.25) is 10.0 Å². The van der Waals surface area contributed by atoms with E-state index in [4.69, 9.17) is 37.4 Å². The first-order valence-electron chi connectivity index (χ1n) is 36.8. The largest absolute Gasteiger partial charge is 0.495 e. The molecule has 94 heavy (non-hydrogen) atoms. The number of sulfonamides is 1. The fourth-order valence-electron chi connectivity index (χ4n) is 20.1. The predicted octanol–water partition coefficient (Wildman–Crippen LogP) is 14.1. The molecular weight excluding hydrogens is 1230 g/mol. The summed E-state index contributed by atoms with van der Waals surface area (Å²) in [7, 11) is 1.98. The van der Waals surface area contributed by atoms with Crippen molar-refractivity contribution in [3.63, 3.8) is 0 Å². The zero-order valence-electron chi connectivity index (χ0n) is 57.2. The van der Waals surface area contributed by atoms with E-state index in [1.165, 1.54) is 160 Å². The first-order chi connectivity index (χ1) is 45.8. The molecular formula is C77H111Cl2N9O5S. The molecule has 514 valence electrons. The lowest BCUT2D eigenvalue weighted by Gasteiger charge is -2.43. The zero-order chi connectivity index (χ0) is 64.7. The smallest absolute Gasteiger partial charge is 0.229 e. The van der Waals surface area contributed by atoms with Gasteiger partial charge >= 0.3 is 0 Å². The highest BCUT2D eigenvalue weighted by Crippen LogP contribution is 2.57. The van der Waals surface area contributed by atoms with Crippen LogP contribution in [0.15, 0.2) is 97.1 Å². The van der Waals surface area contributed by atoms with Crippen LogP contribution >= 0.6 is 23.2 Å². The molecule has 11 atom stereocenters. The number of nitrogens with one attached hydrogen (secondary N) is 1. The summed E-state index contributed by atoms with van der Waals surface area (Å²) in [6.07, 6.45) is 30.9. The number of fused-ring (bicyclic) bond motifs is 6. The van der Waals surface area contributed by atoms with E-state index in [2.05, 4.69) is 80.3 Å². The number of piperazine rings is 4. The fourth-order valence-corrected chi connectivity index (χ4v) is 21.0. The molecule has 17 heteroatoms. The molecule has 0 spiro atoms. The van der Waals surface area contributed by atoms with Crippen molar-refractivity contribution in [2.75, 3.05) is 170 Å². The van der Waals surface area contributed by atoms with Crippen molar-refractivity contribution in [3.8, 4) is 17.2 Å². The van der Waals surface area contributed by atoms with Crippen LogP contribution in [0.1, 0.15) is 109 Å². The summed E-state index contributed by atoms with van der Waals surface area (Å²) in [6, 6.07) is 29.6. The number of halogens is 2. The van der Waals surface area contributed by atoms with Crippen LogP contribution in [0.4, 0.5) is 28.4 Å². The van der Waals surface area contributed by atoms with Gasteiger partial charge in [0, 0.05) is 140 Å². The molecule has 0 amide bonds. The lowest BCUT2D eigenvalue weighted by atomic mass is 9.72. The molecule has 4 saturated heterocycles. The van der Waals surface area contributed by atoms with Gasteiger partial charge in [0.05, 0.1) is 56.0 Å². The molecule has 4 heterocycles. The monoisotopic (exact) mass is 1340 g/mol. The maximum absolute atomic E-state index is 11.6. The Morgan fingerprint density at radius 2 is 0.968 bits per heavy atom. The topological polar surface area (TPSA) is 99.8 Å². The third kappa shape index (κ3) is 16.6. The van der Waals surface area contributed by atoms with Gasteiger partial charge in [0.2, 0.25) is 10.0 Å². The molecule has 1 N–H and O–H groups in total. The molecule has 0 radical (unpaired) electrons. The number of methoxy groups -OCH3 is 3. The molecule has 14 nitrogen and oxygen atoms in total. The molecule has 12 aliphatic rings. The van der Waals surface area contributed by atoms with E-state index in [0.29, 0.717) is 5.69 Å². The van der Waals surface area contributed by atoms with Gasteiger partial charge in [-0.1, -0.05) is 98.1 Å². The summed E-state index contributed by atoms with van der Waals surface area (Å²) >= 11 is 12.4. The SMILES string of the molecule is COc1ccc(Cl)cc1N1CCN(C2C3CC4CCC2C(C4)C3)CC1.COc1ccc(Cl)cc1N1CCN(C2CCCCCC2)CC1.COc1ccccc1N1CCN(CC2CC3C=CC2C3)CC1.CS(=O)(=O)Nc1ccccc1N1CCN(CC2CC3CCC2C3)CC1. The maximum Gasteiger partial charge on any atom is 0.229 e. The highest BCUT2D eigenvalue weighted by Gasteiger charge is 2.53. The second-order valence-corrected chi connectivity index (χ2v) is 32.9. The van der Waals surface area contributed by atoms with E-state index in [9.17, 15) is 8.42 Å². The first kappa shape index (κ1) is 67.9. The number of hydrogen-bond acceptors (Lipinski definition) is 13. The minimum absolute atomic E-state index is 0.687. The van der Waals surface area contributed by atoms with E-state index in [0.717, 1.165) is 194 Å². The van der Waals surface area contributed by atoms with Crippen molar-refractivity contribution in [1.29, 1.82) is 0 Å². The average molecular weight is 1350 g/mol. The summed E-state index contributed by atoms with van der Waals surface area (Å²) in [5.74, 6) is 12.6. The van der Waals surface area contributed by atoms with E-state index in [1.54, 1.807) is 21.3 Å². The third-order valence-corrected chi connectivity index (χ3v) is 25.7. The molecule has 4 aromatic carbocycles. The van der Waals surface area contributed by atoms with E-state index >= 15 is 0 Å². The van der Waals surface area contributed by atoms with Crippen molar-refractivity contribution < 1.29 is 22.6 Å². The minimum Gasteiger partial charge on any atom is -0.495 e. The van der Waals surface area contributed by atoms with Crippen molar-refractivity contribution >= 4 is 61.7 Å². The van der Waals surface area contributed by atoms with Gasteiger partial charge in [-0.05, 0) is 190 Å². The standard InChI is InChI=1S/C21H29ClN2O.C19H29N3O2S.C19H26N2O.C18H27ClN2O/c1-25-20-5-3-17(22)13-19(20)23-6-8-24(9-7-23)21-16-11-14-2-4-18(21)15(10-14)12-16;1-25(23,24)20-18-4-2-3-5-19(18)22-10-8-21(9-11-22)14-17-13-15-6-7-16(17)12-15;1-22-19-5-3-2-4-18(19)21-10-8-20(9-11-21)14-17-13-15-6-7-16(17)12-15;1-22-18-9-8-15(19)14-17(18)21-12-10-20(11-13-21)16-6-4-2-3-5-7-16/h3,5,13-16,18,21H,2,4,6-12H2,1H3;2-5,15-17,20H,6-14H2,1H3;2-7,15-17H,8-14H2,1H3;8-9,14,16H,2-7,10-13H2,1H3. The molecule has 8 aliphatic carbocycles. The summed E-state index contributed by atoms with van der Waals surface area (Å²) in [5, 5.41) is 1.57. The van der Waals surface area contributed by atoms with Crippen LogP contribution in [-0.4, -0.2) is 185 Å². The second kappa shape index (κ2) is 31.5. The molecule has 4 aromatic rings. The summed E-state index contributed by atoms with van der Waals surface area (Å²) in [4.78, 5) is 20.5. The molecule has 11 unspecified atom stereocenters. The number of anilines is 5. The Kier molecular flexibility index (Phi) is 22.8. The Balaban J connectivity index is 0.000000114. The van der Waals surface area contributed by atoms with E-state index in [-0.39, 0.29) is 0 Å². The Morgan fingerprint density at radius 1 is 0.457 bits per heavy atom. The minimum atomic E-state index is -3.26. The predicted molar refractivity (Wildman–Crippen MR) is 389 cm³/mol. The fraction of sp³-hybridized carbons (Fsp3) is 0.662. The van der Waals surface area contributed by atoms with Crippen molar-refractivity contribution in [2.24, 2.45) is 59.2 Å². The Bertz CT molecular complexity index is 3230. The summed E-state index contributed by atoms with van der Waals surface area (Å²) in [5.41, 5.74) is 5.21. The average Bonchev–Trinajstić information content (AvgIpc) is 1.60. The van der Waals surface area contributed by atoms with Gasteiger partial charge in [0.25, 0.3) is 0 Å². The van der Waals surface area contributed by atoms with Gasteiger partial charge in [-0.25, -0.2) is 8.42 Å². The number of allylic oxidation sites excluding steroid dienone is 2. The number of hydrogen-bond donors (Lipinski definition) is 1. The number of para-hydroxylation sites is 4. The quantitative estimate of drug-likeness (QED) is 0.0904. The van der Waals surface area contributed by atoms with Crippen LogP contribution in [-0.2, 0) is 10.0 Å². The van der Waals surface area contributed by atoms with Gasteiger partial charge in [-0.15, -0.1) is 0 Å². The molecule has 16 rings (SSSR count). The lowest BCUT2D eigenvalue weighted by molar-refractivity contribution is 0.113. The van der Waals surface area contributed by atoms with Crippen LogP contribution in [0.3, 0.4) is 0 Å². The Hall–Kier alpha value is -4.61. The number of nitrogens with zero attached hydrogens (tertiary/aromatic N) is 8. The maximum atomic E-state index is 11.6. The van der Waals surface area contributed by atoms with Crippen LogP contribution < -0.4 is 38.5 Å². The molecule has 7 bridgehead atoms. The third-order valence-electron chi connectivity index (χ3n) is 24.7. The van der Waals surface area contributed by atoms with E-state index < -0.39 is 10.0 Å². The normalized spacial score (nSPS) is 30.3. The van der Waals surface area contributed by atoms with Crippen molar-refractivity contribution in [3.05, 3.63) is 107 Å². The molecule has 11 fully saturated rings. The molecule has 0 aromatic heterocycles. The summed E-state index contributed by atoms with van der Waals surface area (Å²) in [6.45, 7) is 20.2. The van der Waals surface area contributed by atoms with Crippen molar-refractivity contribution in [1.82, 2.24) is 19.6 Å². The van der Waals surface area contributed by atoms with Gasteiger partial charge < -0.3 is 33.8 Å². The Morgan fingerprint density at radius 3 is 1.53 bits per heavy atom. The zero-order valence-corrected chi connectivity index (χ0v) is 59.5. The number of ether oxygens (including phenoxy) is 3. The number of benzene rings is 4. The molecule has 4 aliphatic heterocycles. The summed E-state index contributed by atoms with van der Waals surface area (Å²) < 4.78 is 42.4. The second-order valence-electron chi connectivity index (χ2n) is 30.3. The van der Waals surface area contributed by atoms with E-state index in [1.807, 2.05) is 60.7 Å². The highest BCUT2D eigenvalue weighted by atomic mass is 35.5. The van der Waals surface area contributed by atoms with Gasteiger partial charge in [-0.3, -0.25) is 24.3 Å². The van der Waals surface area contributed by atoms with Crippen LogP contribution in [0.5, 0.6) is 17.2 Å².